The molecule has 140 valence electrons. The van der Waals surface area contributed by atoms with Gasteiger partial charge in [-0.3, -0.25) is 9.88 Å². The largest absolute Gasteiger partial charge is 0.447 e. The van der Waals surface area contributed by atoms with E-state index in [1.54, 1.807) is 30.7 Å². The van der Waals surface area contributed by atoms with Crippen LogP contribution in [0.25, 0.3) is 0 Å². The molecule has 2 aromatic heterocycles. The molecule has 0 radical (unpaired) electrons. The highest BCUT2D eigenvalue weighted by molar-refractivity contribution is 7.89. The van der Waals surface area contributed by atoms with Crippen molar-refractivity contribution in [2.45, 2.75) is 24.5 Å². The topological polar surface area (TPSA) is 82.8 Å². The summed E-state index contributed by atoms with van der Waals surface area (Å²) in [6.07, 6.45) is 6.99. The summed E-state index contributed by atoms with van der Waals surface area (Å²) in [7, 11) is -3.48. The number of hydrogen-bond donors (Lipinski definition) is 0. The van der Waals surface area contributed by atoms with Gasteiger partial charge < -0.3 is 9.32 Å². The number of furan rings is 1. The van der Waals surface area contributed by atoms with Gasteiger partial charge in [-0.05, 0) is 25.0 Å². The molecule has 2 fully saturated rings. The molecule has 26 heavy (non-hydrogen) atoms. The van der Waals surface area contributed by atoms with Gasteiger partial charge >= 0.3 is 0 Å². The van der Waals surface area contributed by atoms with Crippen LogP contribution in [0.2, 0.25) is 0 Å². The molecule has 0 aliphatic carbocycles. The summed E-state index contributed by atoms with van der Waals surface area (Å²) in [4.78, 5) is 12.9. The molecule has 0 N–H and O–H groups in total. The predicted octanol–water partition coefficient (Wildman–Crippen LogP) is 1.18. The van der Waals surface area contributed by atoms with E-state index in [4.69, 9.17) is 4.42 Å². The maximum absolute atomic E-state index is 12.5. The molecule has 8 nitrogen and oxygen atoms in total. The Labute approximate surface area is 153 Å². The molecule has 2 aliphatic heterocycles. The summed E-state index contributed by atoms with van der Waals surface area (Å²) < 4.78 is 32.3. The van der Waals surface area contributed by atoms with E-state index >= 15 is 0 Å². The van der Waals surface area contributed by atoms with E-state index in [-0.39, 0.29) is 5.09 Å². The molecule has 0 amide bonds. The lowest BCUT2D eigenvalue weighted by atomic mass is 10.3. The average Bonchev–Trinajstić information content (AvgIpc) is 3.36. The maximum Gasteiger partial charge on any atom is 0.276 e. The molecule has 0 unspecified atom stereocenters. The SMILES string of the molecule is O=S(=O)(c1ccc(CN2CCN(c3cnccn3)CC2)o1)N1CCCC1. The van der Waals surface area contributed by atoms with Crippen molar-refractivity contribution in [3.8, 4) is 0 Å². The number of aromatic nitrogens is 2. The molecule has 0 aromatic carbocycles. The highest BCUT2D eigenvalue weighted by Gasteiger charge is 2.30. The molecule has 0 saturated carbocycles. The third kappa shape index (κ3) is 3.60. The summed E-state index contributed by atoms with van der Waals surface area (Å²) >= 11 is 0. The van der Waals surface area contributed by atoms with Gasteiger partial charge in [0.05, 0.1) is 12.7 Å². The van der Waals surface area contributed by atoms with Crippen molar-refractivity contribution in [1.29, 1.82) is 0 Å². The number of sulfonamides is 1. The second-order valence-corrected chi connectivity index (χ2v) is 8.53. The van der Waals surface area contributed by atoms with Crippen LogP contribution in [0.4, 0.5) is 5.82 Å². The van der Waals surface area contributed by atoms with Crippen LogP contribution in [0.1, 0.15) is 18.6 Å². The van der Waals surface area contributed by atoms with Crippen molar-refractivity contribution in [2.75, 3.05) is 44.2 Å². The summed E-state index contributed by atoms with van der Waals surface area (Å²) in [5.41, 5.74) is 0. The van der Waals surface area contributed by atoms with E-state index in [1.165, 1.54) is 4.31 Å². The lowest BCUT2D eigenvalue weighted by molar-refractivity contribution is 0.223. The third-order valence-electron chi connectivity index (χ3n) is 4.92. The summed E-state index contributed by atoms with van der Waals surface area (Å²) in [6, 6.07) is 3.36. The Bertz CT molecular complexity index is 825. The smallest absolute Gasteiger partial charge is 0.276 e. The van der Waals surface area contributed by atoms with Crippen molar-refractivity contribution in [1.82, 2.24) is 19.2 Å². The van der Waals surface area contributed by atoms with Gasteiger partial charge in [0.25, 0.3) is 10.0 Å². The monoisotopic (exact) mass is 377 g/mol. The molecular weight excluding hydrogens is 354 g/mol. The number of nitrogens with zero attached hydrogens (tertiary/aromatic N) is 5. The Morgan fingerprint density at radius 1 is 1.00 bits per heavy atom. The van der Waals surface area contributed by atoms with E-state index in [9.17, 15) is 8.42 Å². The van der Waals surface area contributed by atoms with Crippen LogP contribution in [-0.4, -0.2) is 66.9 Å². The molecular formula is C17H23N5O3S. The zero-order chi connectivity index (χ0) is 18.0. The van der Waals surface area contributed by atoms with Crippen molar-refractivity contribution in [3.05, 3.63) is 36.5 Å². The zero-order valence-electron chi connectivity index (χ0n) is 14.6. The fourth-order valence-corrected chi connectivity index (χ4v) is 4.89. The standard InChI is InChI=1S/C17H23N5O3S/c23-26(24,22-7-1-2-8-22)17-4-3-15(25-17)14-20-9-11-21(12-10-20)16-13-18-5-6-19-16/h3-6,13H,1-2,7-12,14H2. The Morgan fingerprint density at radius 2 is 1.77 bits per heavy atom. The van der Waals surface area contributed by atoms with Crippen LogP contribution in [0, 0.1) is 0 Å². The number of piperazine rings is 1. The van der Waals surface area contributed by atoms with E-state index in [2.05, 4.69) is 19.8 Å². The average molecular weight is 377 g/mol. The van der Waals surface area contributed by atoms with E-state index in [1.807, 2.05) is 0 Å². The molecule has 0 spiro atoms. The minimum Gasteiger partial charge on any atom is -0.447 e. The molecule has 9 heteroatoms. The van der Waals surface area contributed by atoms with E-state index in [0.29, 0.717) is 25.4 Å². The first kappa shape index (κ1) is 17.4. The van der Waals surface area contributed by atoms with Gasteiger partial charge in [0.1, 0.15) is 11.6 Å². The third-order valence-corrected chi connectivity index (χ3v) is 6.69. The fraction of sp³-hybridized carbons (Fsp3) is 0.529. The van der Waals surface area contributed by atoms with Gasteiger partial charge in [-0.15, -0.1) is 0 Å². The van der Waals surface area contributed by atoms with Crippen LogP contribution in [-0.2, 0) is 16.6 Å². The zero-order valence-corrected chi connectivity index (χ0v) is 15.4. The number of anilines is 1. The Morgan fingerprint density at radius 3 is 2.46 bits per heavy atom. The van der Waals surface area contributed by atoms with Crippen LogP contribution >= 0.6 is 0 Å². The molecule has 4 rings (SSSR count). The van der Waals surface area contributed by atoms with E-state index < -0.39 is 10.0 Å². The second kappa shape index (κ2) is 7.34. The first-order chi connectivity index (χ1) is 12.6. The van der Waals surface area contributed by atoms with Crippen LogP contribution in [0.15, 0.2) is 40.2 Å². The van der Waals surface area contributed by atoms with Gasteiger partial charge in [-0.25, -0.2) is 13.4 Å². The Balaban J connectivity index is 1.35. The van der Waals surface area contributed by atoms with Crippen LogP contribution < -0.4 is 4.90 Å². The lowest BCUT2D eigenvalue weighted by Gasteiger charge is -2.34. The highest BCUT2D eigenvalue weighted by Crippen LogP contribution is 2.23. The normalized spacial score (nSPS) is 19.9. The minimum atomic E-state index is -3.48. The molecule has 4 heterocycles. The van der Waals surface area contributed by atoms with Gasteiger partial charge in [-0.2, -0.15) is 4.31 Å². The molecule has 0 bridgehead atoms. The summed E-state index contributed by atoms with van der Waals surface area (Å²) in [5, 5.41) is 0.0626. The van der Waals surface area contributed by atoms with Crippen molar-refractivity contribution in [2.24, 2.45) is 0 Å². The Hall–Kier alpha value is -1.97. The van der Waals surface area contributed by atoms with Crippen LogP contribution in [0.3, 0.4) is 0 Å². The molecule has 2 aromatic rings. The second-order valence-electron chi connectivity index (χ2n) is 6.66. The van der Waals surface area contributed by atoms with E-state index in [0.717, 1.165) is 44.8 Å². The minimum absolute atomic E-state index is 0.0626. The van der Waals surface area contributed by atoms with Crippen molar-refractivity contribution < 1.29 is 12.8 Å². The summed E-state index contributed by atoms with van der Waals surface area (Å²) in [6.45, 7) is 5.24. The van der Waals surface area contributed by atoms with Gasteiger partial charge in [0, 0.05) is 51.7 Å². The molecule has 0 atom stereocenters. The Kier molecular flexibility index (Phi) is 4.92. The van der Waals surface area contributed by atoms with Gasteiger partial charge in [0.2, 0.25) is 5.09 Å². The lowest BCUT2D eigenvalue weighted by Crippen LogP contribution is -2.46. The molecule has 2 saturated heterocycles. The highest BCUT2D eigenvalue weighted by atomic mass is 32.2. The molecule has 2 aliphatic rings. The quantitative estimate of drug-likeness (QED) is 0.774. The summed E-state index contributed by atoms with van der Waals surface area (Å²) in [5.74, 6) is 1.58. The number of hydrogen-bond acceptors (Lipinski definition) is 7. The van der Waals surface area contributed by atoms with Gasteiger partial charge in [0.15, 0.2) is 0 Å². The van der Waals surface area contributed by atoms with Crippen molar-refractivity contribution in [3.63, 3.8) is 0 Å². The fourth-order valence-electron chi connectivity index (χ4n) is 3.45. The van der Waals surface area contributed by atoms with Crippen LogP contribution in [0.5, 0.6) is 0 Å². The first-order valence-corrected chi connectivity index (χ1v) is 10.4. The van der Waals surface area contributed by atoms with Crippen molar-refractivity contribution >= 4 is 15.8 Å². The predicted molar refractivity (Wildman–Crippen MR) is 96.2 cm³/mol. The first-order valence-electron chi connectivity index (χ1n) is 8.95. The number of rotatable bonds is 5. The van der Waals surface area contributed by atoms with Gasteiger partial charge in [-0.1, -0.05) is 0 Å². The maximum atomic E-state index is 12.5.